The number of aryl methyl sites for hydroxylation is 1. The zero-order valence-electron chi connectivity index (χ0n) is 12.8. The molecule has 0 saturated carbocycles. The molecule has 0 radical (unpaired) electrons. The summed E-state index contributed by atoms with van der Waals surface area (Å²) in [6.45, 7) is 3.85. The molecule has 0 amide bonds. The van der Waals surface area contributed by atoms with Gasteiger partial charge in [-0.05, 0) is 49.7 Å². The van der Waals surface area contributed by atoms with E-state index in [4.69, 9.17) is 20.8 Å². The van der Waals surface area contributed by atoms with Gasteiger partial charge in [0.1, 0.15) is 5.75 Å². The van der Waals surface area contributed by atoms with Crippen LogP contribution < -0.4 is 10.1 Å². The molecule has 0 aliphatic heterocycles. The summed E-state index contributed by atoms with van der Waals surface area (Å²) in [5.41, 5.74) is 2.02. The number of para-hydroxylation sites is 1. The molecular formula is C17H16ClN3O2. The van der Waals surface area contributed by atoms with Crippen molar-refractivity contribution < 1.29 is 9.15 Å². The summed E-state index contributed by atoms with van der Waals surface area (Å²) < 4.78 is 11.4. The van der Waals surface area contributed by atoms with E-state index in [1.54, 1.807) is 24.3 Å². The van der Waals surface area contributed by atoms with E-state index >= 15 is 0 Å². The molecule has 0 bridgehead atoms. The molecule has 0 aliphatic rings. The largest absolute Gasteiger partial charge is 0.481 e. The zero-order valence-corrected chi connectivity index (χ0v) is 13.5. The molecule has 1 unspecified atom stereocenters. The first-order valence-corrected chi connectivity index (χ1v) is 7.58. The Kier molecular flexibility index (Phi) is 4.48. The maximum atomic E-state index is 5.85. The predicted molar refractivity (Wildman–Crippen MR) is 89.3 cm³/mol. The molecule has 3 rings (SSSR count). The van der Waals surface area contributed by atoms with Crippen LogP contribution in [0.4, 0.5) is 11.7 Å². The highest BCUT2D eigenvalue weighted by Gasteiger charge is 2.16. The fourth-order valence-corrected chi connectivity index (χ4v) is 2.17. The first-order chi connectivity index (χ1) is 11.1. The van der Waals surface area contributed by atoms with Crippen LogP contribution in [0.5, 0.6) is 5.75 Å². The number of hydrogen-bond donors (Lipinski definition) is 1. The fourth-order valence-electron chi connectivity index (χ4n) is 2.05. The molecule has 0 fully saturated rings. The standard InChI is InChI=1S/C17H16ClN3O2/c1-11-5-3-4-6-15(11)19-17-21-20-16(23-17)12(2)22-14-9-7-13(18)8-10-14/h3-10,12H,1-2H3,(H,19,21). The van der Waals surface area contributed by atoms with E-state index in [2.05, 4.69) is 15.5 Å². The monoisotopic (exact) mass is 329 g/mol. The Morgan fingerprint density at radius 2 is 1.83 bits per heavy atom. The van der Waals surface area contributed by atoms with Gasteiger partial charge in [0.05, 0.1) is 0 Å². The van der Waals surface area contributed by atoms with Crippen molar-refractivity contribution in [3.05, 3.63) is 65.0 Å². The van der Waals surface area contributed by atoms with Gasteiger partial charge in [-0.1, -0.05) is 34.9 Å². The van der Waals surface area contributed by atoms with Crippen LogP contribution in [-0.4, -0.2) is 10.2 Å². The van der Waals surface area contributed by atoms with Gasteiger partial charge in [0.15, 0.2) is 6.10 Å². The highest BCUT2D eigenvalue weighted by Crippen LogP contribution is 2.25. The number of aromatic nitrogens is 2. The van der Waals surface area contributed by atoms with Gasteiger partial charge in [0, 0.05) is 10.7 Å². The minimum Gasteiger partial charge on any atom is -0.481 e. The Labute approximate surface area is 139 Å². The SMILES string of the molecule is Cc1ccccc1Nc1nnc(C(C)Oc2ccc(Cl)cc2)o1. The fraction of sp³-hybridized carbons (Fsp3) is 0.176. The minimum absolute atomic E-state index is 0.334. The molecular weight excluding hydrogens is 314 g/mol. The van der Waals surface area contributed by atoms with E-state index in [1.807, 2.05) is 38.1 Å². The normalized spacial score (nSPS) is 12.0. The summed E-state index contributed by atoms with van der Waals surface area (Å²) in [7, 11) is 0. The lowest BCUT2D eigenvalue weighted by molar-refractivity contribution is 0.190. The maximum absolute atomic E-state index is 5.85. The molecule has 6 heteroatoms. The number of nitrogens with one attached hydrogen (secondary N) is 1. The molecule has 3 aromatic rings. The van der Waals surface area contributed by atoms with Crippen molar-refractivity contribution >= 4 is 23.3 Å². The van der Waals surface area contributed by atoms with Crippen LogP contribution in [0.2, 0.25) is 5.02 Å². The van der Waals surface area contributed by atoms with Gasteiger partial charge in [-0.2, -0.15) is 0 Å². The number of halogens is 1. The first kappa shape index (κ1) is 15.4. The van der Waals surface area contributed by atoms with E-state index in [1.165, 1.54) is 0 Å². The third-order valence-corrected chi connectivity index (χ3v) is 3.55. The van der Waals surface area contributed by atoms with E-state index in [9.17, 15) is 0 Å². The molecule has 1 aromatic heterocycles. The molecule has 2 aromatic carbocycles. The quantitative estimate of drug-likeness (QED) is 0.720. The molecule has 1 atom stereocenters. The van der Waals surface area contributed by atoms with Gasteiger partial charge < -0.3 is 14.5 Å². The molecule has 1 heterocycles. The van der Waals surface area contributed by atoms with Crippen LogP contribution in [0.3, 0.4) is 0 Å². The van der Waals surface area contributed by atoms with Crippen molar-refractivity contribution in [2.24, 2.45) is 0 Å². The van der Waals surface area contributed by atoms with Crippen LogP contribution in [-0.2, 0) is 0 Å². The molecule has 5 nitrogen and oxygen atoms in total. The summed E-state index contributed by atoms with van der Waals surface area (Å²) >= 11 is 5.85. The van der Waals surface area contributed by atoms with Gasteiger partial charge in [-0.15, -0.1) is 5.10 Å². The molecule has 0 aliphatic carbocycles. The number of anilines is 2. The van der Waals surface area contributed by atoms with Gasteiger partial charge in [0.25, 0.3) is 5.89 Å². The van der Waals surface area contributed by atoms with Gasteiger partial charge in [0.2, 0.25) is 0 Å². The summed E-state index contributed by atoms with van der Waals surface area (Å²) in [6, 6.07) is 15.3. The van der Waals surface area contributed by atoms with Gasteiger partial charge in [-0.3, -0.25) is 0 Å². The van der Waals surface area contributed by atoms with E-state index in [-0.39, 0.29) is 6.10 Å². The Balaban J connectivity index is 1.68. The Hall–Kier alpha value is -2.53. The molecule has 1 N–H and O–H groups in total. The maximum Gasteiger partial charge on any atom is 0.320 e. The van der Waals surface area contributed by atoms with E-state index in [0.717, 1.165) is 11.3 Å². The van der Waals surface area contributed by atoms with E-state index < -0.39 is 0 Å². The number of nitrogens with zero attached hydrogens (tertiary/aromatic N) is 2. The van der Waals surface area contributed by atoms with Crippen LogP contribution in [0.1, 0.15) is 24.5 Å². The highest BCUT2D eigenvalue weighted by molar-refractivity contribution is 6.30. The Bertz CT molecular complexity index is 787. The topological polar surface area (TPSA) is 60.2 Å². The third-order valence-electron chi connectivity index (χ3n) is 3.30. The van der Waals surface area contributed by atoms with Crippen molar-refractivity contribution in [3.8, 4) is 5.75 Å². The Morgan fingerprint density at radius 1 is 1.09 bits per heavy atom. The predicted octanol–water partition coefficient (Wildman–Crippen LogP) is 4.92. The molecule has 118 valence electrons. The molecule has 0 saturated heterocycles. The van der Waals surface area contributed by atoms with Crippen LogP contribution in [0, 0.1) is 6.92 Å². The third kappa shape index (κ3) is 3.81. The second kappa shape index (κ2) is 6.71. The molecule has 23 heavy (non-hydrogen) atoms. The van der Waals surface area contributed by atoms with Gasteiger partial charge in [-0.25, -0.2) is 0 Å². The summed E-state index contributed by atoms with van der Waals surface area (Å²) in [4.78, 5) is 0. The van der Waals surface area contributed by atoms with E-state index in [0.29, 0.717) is 22.7 Å². The second-order valence-corrected chi connectivity index (χ2v) is 5.54. The lowest BCUT2D eigenvalue weighted by atomic mass is 10.2. The average molecular weight is 330 g/mol. The zero-order chi connectivity index (χ0) is 16.2. The van der Waals surface area contributed by atoms with Crippen molar-refractivity contribution in [2.45, 2.75) is 20.0 Å². The van der Waals surface area contributed by atoms with Gasteiger partial charge >= 0.3 is 6.01 Å². The summed E-state index contributed by atoms with van der Waals surface area (Å²) in [5.74, 6) is 1.09. The summed E-state index contributed by atoms with van der Waals surface area (Å²) in [5, 5.41) is 11.8. The number of hydrogen-bond acceptors (Lipinski definition) is 5. The second-order valence-electron chi connectivity index (χ2n) is 5.10. The minimum atomic E-state index is -0.365. The Morgan fingerprint density at radius 3 is 2.57 bits per heavy atom. The van der Waals surface area contributed by atoms with Crippen LogP contribution in [0.25, 0.3) is 0 Å². The van der Waals surface area contributed by atoms with Crippen molar-refractivity contribution in [1.82, 2.24) is 10.2 Å². The van der Waals surface area contributed by atoms with Crippen LogP contribution >= 0.6 is 11.6 Å². The number of rotatable bonds is 5. The number of benzene rings is 2. The average Bonchev–Trinajstić information content (AvgIpc) is 3.01. The summed E-state index contributed by atoms with van der Waals surface area (Å²) in [6.07, 6.45) is -0.365. The van der Waals surface area contributed by atoms with Crippen molar-refractivity contribution in [1.29, 1.82) is 0 Å². The van der Waals surface area contributed by atoms with Crippen molar-refractivity contribution in [2.75, 3.05) is 5.32 Å². The number of ether oxygens (including phenoxy) is 1. The molecule has 0 spiro atoms. The first-order valence-electron chi connectivity index (χ1n) is 7.20. The lowest BCUT2D eigenvalue weighted by Gasteiger charge is -2.10. The highest BCUT2D eigenvalue weighted by atomic mass is 35.5. The van der Waals surface area contributed by atoms with Crippen molar-refractivity contribution in [3.63, 3.8) is 0 Å². The lowest BCUT2D eigenvalue weighted by Crippen LogP contribution is -2.03. The smallest absolute Gasteiger partial charge is 0.320 e. The van der Waals surface area contributed by atoms with Crippen LogP contribution in [0.15, 0.2) is 52.9 Å².